The summed E-state index contributed by atoms with van der Waals surface area (Å²) in [4.78, 5) is 13.8. The molecule has 2 fully saturated rings. The summed E-state index contributed by atoms with van der Waals surface area (Å²) in [6.45, 7) is 2.25. The minimum Gasteiger partial charge on any atom is -0.463 e. The molecule has 2 N–H and O–H groups in total. The van der Waals surface area contributed by atoms with Crippen LogP contribution in [-0.2, 0) is 16.1 Å². The van der Waals surface area contributed by atoms with Gasteiger partial charge in [-0.05, 0) is 31.7 Å². The predicted octanol–water partition coefficient (Wildman–Crippen LogP) is 1.24. The van der Waals surface area contributed by atoms with E-state index >= 15 is 0 Å². The Bertz CT molecular complexity index is 534. The topological polar surface area (TPSA) is 70.0 Å². The molecule has 1 aliphatic carbocycles. The third-order valence-corrected chi connectivity index (χ3v) is 4.71. The van der Waals surface area contributed by atoms with Crippen molar-refractivity contribution in [1.82, 2.24) is 4.90 Å². The molecular formula is C16H21NO4. The Hall–Kier alpha value is -1.43. The molecule has 5 nitrogen and oxygen atoms in total. The van der Waals surface area contributed by atoms with E-state index in [9.17, 15) is 15.0 Å². The summed E-state index contributed by atoms with van der Waals surface area (Å²) in [5.74, 6) is -0.924. The highest BCUT2D eigenvalue weighted by molar-refractivity contribution is 5.80. The summed E-state index contributed by atoms with van der Waals surface area (Å²) in [5.41, 5.74) is -1.90. The van der Waals surface area contributed by atoms with Crippen LogP contribution in [0.15, 0.2) is 30.3 Å². The van der Waals surface area contributed by atoms with Crippen LogP contribution in [0.5, 0.6) is 0 Å². The average Bonchev–Trinajstić information content (AvgIpc) is 2.96. The summed E-state index contributed by atoms with van der Waals surface area (Å²) in [5, 5.41) is 21.7. The summed E-state index contributed by atoms with van der Waals surface area (Å²) in [6.07, 6.45) is 1.62. The number of carbonyl (C=O) groups excluding carboxylic acids is 1. The fourth-order valence-corrected chi connectivity index (χ4v) is 3.68. The summed E-state index contributed by atoms with van der Waals surface area (Å²) in [6, 6.07) is 9.54. The van der Waals surface area contributed by atoms with E-state index < -0.39 is 17.4 Å². The van der Waals surface area contributed by atoms with Gasteiger partial charge in [0.15, 0.2) is 0 Å². The SMILES string of the molecule is CCOC(=O)C1(O)C2CCC(O)(C2)N1Cc1ccccc1. The van der Waals surface area contributed by atoms with Crippen molar-refractivity contribution in [3.63, 3.8) is 0 Å². The molecule has 1 heterocycles. The first-order valence-electron chi connectivity index (χ1n) is 7.44. The highest BCUT2D eigenvalue weighted by Gasteiger charge is 2.67. The number of esters is 1. The molecule has 2 bridgehead atoms. The van der Waals surface area contributed by atoms with Gasteiger partial charge in [-0.1, -0.05) is 30.3 Å². The number of aliphatic hydroxyl groups is 2. The van der Waals surface area contributed by atoms with E-state index in [2.05, 4.69) is 0 Å². The lowest BCUT2D eigenvalue weighted by Crippen LogP contribution is -2.62. The van der Waals surface area contributed by atoms with E-state index in [-0.39, 0.29) is 12.5 Å². The first-order chi connectivity index (χ1) is 10.0. The number of ether oxygens (including phenoxy) is 1. The van der Waals surface area contributed by atoms with Crippen molar-refractivity contribution >= 4 is 5.97 Å². The van der Waals surface area contributed by atoms with Gasteiger partial charge in [-0.3, -0.25) is 0 Å². The molecular weight excluding hydrogens is 270 g/mol. The Morgan fingerprint density at radius 1 is 1.38 bits per heavy atom. The first kappa shape index (κ1) is 14.5. The van der Waals surface area contributed by atoms with E-state index in [1.807, 2.05) is 30.3 Å². The standard InChI is InChI=1S/C16H21NO4/c1-2-21-14(18)16(20)13-8-9-15(19,10-13)17(16)11-12-6-4-3-5-7-12/h3-7,13,19-20H,2,8-11H2,1H3. The van der Waals surface area contributed by atoms with Gasteiger partial charge in [0.25, 0.3) is 0 Å². The van der Waals surface area contributed by atoms with Gasteiger partial charge in [-0.2, -0.15) is 0 Å². The van der Waals surface area contributed by atoms with Gasteiger partial charge in [0.2, 0.25) is 5.72 Å². The third-order valence-electron chi connectivity index (χ3n) is 4.71. The Morgan fingerprint density at radius 3 is 2.76 bits per heavy atom. The van der Waals surface area contributed by atoms with Crippen LogP contribution in [0.25, 0.3) is 0 Å². The van der Waals surface area contributed by atoms with E-state index in [4.69, 9.17) is 4.74 Å². The van der Waals surface area contributed by atoms with E-state index in [1.165, 1.54) is 4.90 Å². The molecule has 114 valence electrons. The smallest absolute Gasteiger partial charge is 0.354 e. The Kier molecular flexibility index (Phi) is 3.51. The van der Waals surface area contributed by atoms with Crippen LogP contribution in [0.4, 0.5) is 0 Å². The lowest BCUT2D eigenvalue weighted by molar-refractivity contribution is -0.233. The molecule has 1 aromatic carbocycles. The van der Waals surface area contributed by atoms with Crippen molar-refractivity contribution < 1.29 is 19.7 Å². The fourth-order valence-electron chi connectivity index (χ4n) is 3.68. The van der Waals surface area contributed by atoms with E-state index in [0.717, 1.165) is 5.56 Å². The van der Waals surface area contributed by atoms with E-state index in [0.29, 0.717) is 25.8 Å². The summed E-state index contributed by atoms with van der Waals surface area (Å²) >= 11 is 0. The van der Waals surface area contributed by atoms with Crippen molar-refractivity contribution in [3.8, 4) is 0 Å². The lowest BCUT2D eigenvalue weighted by Gasteiger charge is -2.43. The highest BCUT2D eigenvalue weighted by Crippen LogP contribution is 2.54. The van der Waals surface area contributed by atoms with Gasteiger partial charge >= 0.3 is 5.97 Å². The zero-order valence-electron chi connectivity index (χ0n) is 12.2. The Labute approximate surface area is 124 Å². The number of fused-ring (bicyclic) bond motifs is 2. The number of benzene rings is 1. The Balaban J connectivity index is 1.92. The molecule has 1 saturated carbocycles. The van der Waals surface area contributed by atoms with Gasteiger partial charge in [-0.15, -0.1) is 0 Å². The van der Waals surface area contributed by atoms with Gasteiger partial charge in [-0.25, -0.2) is 9.69 Å². The molecule has 21 heavy (non-hydrogen) atoms. The average molecular weight is 291 g/mol. The molecule has 1 saturated heterocycles. The van der Waals surface area contributed by atoms with Crippen LogP contribution < -0.4 is 0 Å². The number of likely N-dealkylation sites (tertiary alicyclic amines) is 1. The van der Waals surface area contributed by atoms with Crippen molar-refractivity contribution in [3.05, 3.63) is 35.9 Å². The maximum absolute atomic E-state index is 12.3. The molecule has 3 rings (SSSR count). The van der Waals surface area contributed by atoms with Gasteiger partial charge in [0.1, 0.15) is 5.72 Å². The zero-order chi connectivity index (χ0) is 15.1. The van der Waals surface area contributed by atoms with Crippen LogP contribution in [0.1, 0.15) is 31.7 Å². The lowest BCUT2D eigenvalue weighted by atomic mass is 9.93. The maximum atomic E-state index is 12.3. The third kappa shape index (κ3) is 2.16. The van der Waals surface area contributed by atoms with Gasteiger partial charge in [0.05, 0.1) is 6.61 Å². The number of hydrogen-bond donors (Lipinski definition) is 2. The molecule has 5 heteroatoms. The quantitative estimate of drug-likeness (QED) is 0.817. The maximum Gasteiger partial charge on any atom is 0.354 e. The van der Waals surface area contributed by atoms with Crippen LogP contribution in [-0.4, -0.2) is 39.1 Å². The number of rotatable bonds is 4. The minimum absolute atomic E-state index is 0.214. The molecule has 0 amide bonds. The van der Waals surface area contributed by atoms with Crippen LogP contribution in [0.2, 0.25) is 0 Å². The number of carbonyl (C=O) groups is 1. The molecule has 1 aromatic rings. The van der Waals surface area contributed by atoms with Crippen molar-refractivity contribution in [1.29, 1.82) is 0 Å². The normalized spacial score (nSPS) is 35.1. The van der Waals surface area contributed by atoms with Crippen molar-refractivity contribution in [2.45, 2.75) is 44.2 Å². The molecule has 2 aliphatic rings. The monoisotopic (exact) mass is 291 g/mol. The largest absolute Gasteiger partial charge is 0.463 e. The van der Waals surface area contributed by atoms with Crippen LogP contribution in [0.3, 0.4) is 0 Å². The highest BCUT2D eigenvalue weighted by atomic mass is 16.6. The van der Waals surface area contributed by atoms with Crippen LogP contribution in [0, 0.1) is 5.92 Å². The molecule has 0 spiro atoms. The van der Waals surface area contributed by atoms with E-state index in [1.54, 1.807) is 6.92 Å². The predicted molar refractivity (Wildman–Crippen MR) is 75.9 cm³/mol. The summed E-state index contributed by atoms with van der Waals surface area (Å²) < 4.78 is 5.05. The number of hydrogen-bond acceptors (Lipinski definition) is 5. The second-order valence-electron chi connectivity index (χ2n) is 5.94. The fraction of sp³-hybridized carbons (Fsp3) is 0.562. The minimum atomic E-state index is -1.72. The zero-order valence-corrected chi connectivity index (χ0v) is 12.2. The molecule has 0 radical (unpaired) electrons. The van der Waals surface area contributed by atoms with Crippen LogP contribution >= 0.6 is 0 Å². The van der Waals surface area contributed by atoms with Gasteiger partial charge in [0, 0.05) is 12.5 Å². The first-order valence-corrected chi connectivity index (χ1v) is 7.44. The second-order valence-corrected chi connectivity index (χ2v) is 5.94. The molecule has 0 aromatic heterocycles. The Morgan fingerprint density at radius 2 is 2.10 bits per heavy atom. The molecule has 3 atom stereocenters. The van der Waals surface area contributed by atoms with Gasteiger partial charge < -0.3 is 14.9 Å². The number of nitrogens with zero attached hydrogens (tertiary/aromatic N) is 1. The van der Waals surface area contributed by atoms with Crippen molar-refractivity contribution in [2.75, 3.05) is 6.61 Å². The molecule has 3 unspecified atom stereocenters. The molecule has 1 aliphatic heterocycles. The van der Waals surface area contributed by atoms with Crippen molar-refractivity contribution in [2.24, 2.45) is 5.92 Å². The summed E-state index contributed by atoms with van der Waals surface area (Å²) in [7, 11) is 0. The number of piperidine rings is 1. The second kappa shape index (κ2) is 5.09.